The van der Waals surface area contributed by atoms with Crippen LogP contribution in [0.1, 0.15) is 10.4 Å². The van der Waals surface area contributed by atoms with Crippen LogP contribution in [0.15, 0.2) is 36.4 Å². The molecular formula is C17H12Cl2N2O4S. The third kappa shape index (κ3) is 4.43. The minimum absolute atomic E-state index is 0.169. The Morgan fingerprint density at radius 2 is 1.88 bits per heavy atom. The summed E-state index contributed by atoms with van der Waals surface area (Å²) in [7, 11) is 1.58. The molecule has 26 heavy (non-hydrogen) atoms. The van der Waals surface area contributed by atoms with Gasteiger partial charge in [0.2, 0.25) is 0 Å². The molecule has 0 radical (unpaired) electrons. The molecule has 0 atom stereocenters. The number of nitrogens with zero attached hydrogens (tertiary/aromatic N) is 1. The molecule has 3 rings (SSSR count). The summed E-state index contributed by atoms with van der Waals surface area (Å²) in [6.07, 6.45) is 0. The van der Waals surface area contributed by atoms with Crippen molar-refractivity contribution in [1.29, 1.82) is 0 Å². The molecule has 1 amide bonds. The number of carbonyl (C=O) groups excluding carboxylic acids is 2. The lowest BCUT2D eigenvalue weighted by Crippen LogP contribution is -2.20. The van der Waals surface area contributed by atoms with Gasteiger partial charge in [-0.3, -0.25) is 10.1 Å². The quantitative estimate of drug-likeness (QED) is 0.630. The van der Waals surface area contributed by atoms with E-state index in [1.807, 2.05) is 6.07 Å². The summed E-state index contributed by atoms with van der Waals surface area (Å²) in [6.45, 7) is -0.456. The number of nitrogens with one attached hydrogen (secondary N) is 1. The number of esters is 1. The van der Waals surface area contributed by atoms with Gasteiger partial charge >= 0.3 is 5.97 Å². The highest BCUT2D eigenvalue weighted by atomic mass is 35.5. The largest absolute Gasteiger partial charge is 0.497 e. The molecule has 0 spiro atoms. The van der Waals surface area contributed by atoms with Crippen LogP contribution in [0.4, 0.5) is 5.13 Å². The zero-order chi connectivity index (χ0) is 18.7. The Labute approximate surface area is 162 Å². The molecule has 1 aromatic heterocycles. The number of rotatable bonds is 5. The summed E-state index contributed by atoms with van der Waals surface area (Å²) in [5.41, 5.74) is 0.902. The van der Waals surface area contributed by atoms with E-state index in [-0.39, 0.29) is 5.56 Å². The first kappa shape index (κ1) is 18.4. The second kappa shape index (κ2) is 7.90. The summed E-state index contributed by atoms with van der Waals surface area (Å²) in [6, 6.07) is 9.72. The van der Waals surface area contributed by atoms with Gasteiger partial charge in [0.25, 0.3) is 5.91 Å². The van der Waals surface area contributed by atoms with Crippen LogP contribution in [0.25, 0.3) is 10.2 Å². The first-order valence-corrected chi connectivity index (χ1v) is 8.89. The molecule has 0 bridgehead atoms. The molecule has 0 aliphatic rings. The van der Waals surface area contributed by atoms with Crippen molar-refractivity contribution in [1.82, 2.24) is 4.98 Å². The van der Waals surface area contributed by atoms with Gasteiger partial charge in [-0.25, -0.2) is 9.78 Å². The second-order valence-electron chi connectivity index (χ2n) is 5.14. The van der Waals surface area contributed by atoms with E-state index in [2.05, 4.69) is 10.3 Å². The highest BCUT2D eigenvalue weighted by Gasteiger charge is 2.13. The third-order valence-corrected chi connectivity index (χ3v) is 4.64. The van der Waals surface area contributed by atoms with Gasteiger partial charge in [0.05, 0.1) is 22.9 Å². The number of benzene rings is 2. The van der Waals surface area contributed by atoms with Gasteiger partial charge in [0.1, 0.15) is 5.75 Å². The van der Waals surface area contributed by atoms with Crippen molar-refractivity contribution in [3.8, 4) is 5.75 Å². The van der Waals surface area contributed by atoms with E-state index in [9.17, 15) is 9.59 Å². The molecule has 0 unspecified atom stereocenters. The van der Waals surface area contributed by atoms with Gasteiger partial charge in [0, 0.05) is 10.0 Å². The van der Waals surface area contributed by atoms with Crippen LogP contribution in [0.2, 0.25) is 10.0 Å². The van der Waals surface area contributed by atoms with Gasteiger partial charge < -0.3 is 9.47 Å². The lowest BCUT2D eigenvalue weighted by Gasteiger charge is -2.05. The molecule has 0 saturated heterocycles. The van der Waals surface area contributed by atoms with Crippen LogP contribution in [0.3, 0.4) is 0 Å². The van der Waals surface area contributed by atoms with E-state index < -0.39 is 18.5 Å². The Morgan fingerprint density at radius 1 is 1.15 bits per heavy atom. The van der Waals surface area contributed by atoms with Crippen LogP contribution in [-0.4, -0.2) is 30.6 Å². The Hall–Kier alpha value is -2.35. The summed E-state index contributed by atoms with van der Waals surface area (Å²) in [5.74, 6) is -0.496. The molecule has 0 saturated carbocycles. The van der Waals surface area contributed by atoms with Crippen LogP contribution in [0.5, 0.6) is 5.75 Å². The molecule has 2 aromatic carbocycles. The number of hydrogen-bond donors (Lipinski definition) is 1. The van der Waals surface area contributed by atoms with Crippen molar-refractivity contribution >= 4 is 61.8 Å². The number of aromatic nitrogens is 1. The molecule has 6 nitrogen and oxygen atoms in total. The zero-order valence-electron chi connectivity index (χ0n) is 13.4. The average molecular weight is 411 g/mol. The van der Waals surface area contributed by atoms with E-state index in [0.717, 1.165) is 10.2 Å². The van der Waals surface area contributed by atoms with Crippen LogP contribution < -0.4 is 10.1 Å². The fourth-order valence-corrected chi connectivity index (χ4v) is 3.56. The summed E-state index contributed by atoms with van der Waals surface area (Å²) >= 11 is 13.0. The van der Waals surface area contributed by atoms with Gasteiger partial charge in [-0.1, -0.05) is 34.5 Å². The normalized spacial score (nSPS) is 10.6. The Morgan fingerprint density at radius 3 is 2.58 bits per heavy atom. The molecule has 134 valence electrons. The minimum atomic E-state index is -0.696. The monoisotopic (exact) mass is 410 g/mol. The average Bonchev–Trinajstić information content (AvgIpc) is 2.99. The number of carbonyl (C=O) groups is 2. The van der Waals surface area contributed by atoms with Gasteiger partial charge in [0.15, 0.2) is 11.7 Å². The molecule has 1 N–H and O–H groups in total. The van der Waals surface area contributed by atoms with Crippen LogP contribution >= 0.6 is 34.5 Å². The first-order chi connectivity index (χ1) is 12.4. The maximum atomic E-state index is 12.0. The number of ether oxygens (including phenoxy) is 2. The number of anilines is 1. The Kier molecular flexibility index (Phi) is 5.61. The number of fused-ring (bicyclic) bond motifs is 1. The molecule has 0 aliphatic carbocycles. The van der Waals surface area contributed by atoms with Crippen LogP contribution in [0, 0.1) is 0 Å². The fourth-order valence-electron chi connectivity index (χ4n) is 2.13. The summed E-state index contributed by atoms with van der Waals surface area (Å²) in [4.78, 5) is 28.2. The van der Waals surface area contributed by atoms with Gasteiger partial charge in [-0.05, 0) is 36.4 Å². The van der Waals surface area contributed by atoms with E-state index in [0.29, 0.717) is 20.9 Å². The van der Waals surface area contributed by atoms with Crippen molar-refractivity contribution in [3.05, 3.63) is 52.0 Å². The molecule has 1 heterocycles. The topological polar surface area (TPSA) is 77.5 Å². The van der Waals surface area contributed by atoms with Crippen molar-refractivity contribution in [2.24, 2.45) is 0 Å². The first-order valence-electron chi connectivity index (χ1n) is 7.32. The molecular weight excluding hydrogens is 399 g/mol. The van der Waals surface area contributed by atoms with E-state index >= 15 is 0 Å². The Balaban J connectivity index is 1.61. The van der Waals surface area contributed by atoms with Gasteiger partial charge in [-0.2, -0.15) is 0 Å². The predicted octanol–water partition coefficient (Wildman–Crippen LogP) is 4.41. The maximum absolute atomic E-state index is 12.0. The highest BCUT2D eigenvalue weighted by Crippen LogP contribution is 2.29. The predicted molar refractivity (Wildman–Crippen MR) is 102 cm³/mol. The number of methoxy groups -OCH3 is 1. The highest BCUT2D eigenvalue weighted by molar-refractivity contribution is 7.22. The lowest BCUT2D eigenvalue weighted by atomic mass is 10.2. The van der Waals surface area contributed by atoms with Gasteiger partial charge in [-0.15, -0.1) is 0 Å². The molecule has 0 aliphatic heterocycles. The standard InChI is InChI=1S/C17H12Cl2N2O4S/c1-24-12-2-3-13-14(7-12)26-17(20-13)21-15(22)8-25-16(23)9-4-10(18)6-11(19)5-9/h2-7H,8H2,1H3,(H,20,21,22). The minimum Gasteiger partial charge on any atom is -0.497 e. The molecule has 3 aromatic rings. The zero-order valence-corrected chi connectivity index (χ0v) is 15.7. The smallest absolute Gasteiger partial charge is 0.338 e. The fraction of sp³-hybridized carbons (Fsp3) is 0.118. The Bertz CT molecular complexity index is 970. The van der Waals surface area contributed by atoms with E-state index in [1.165, 1.54) is 29.5 Å². The molecule has 9 heteroatoms. The van der Waals surface area contributed by atoms with Crippen molar-refractivity contribution in [2.75, 3.05) is 19.0 Å². The molecule has 0 fully saturated rings. The van der Waals surface area contributed by atoms with E-state index in [4.69, 9.17) is 32.7 Å². The summed E-state index contributed by atoms with van der Waals surface area (Å²) in [5, 5.41) is 3.61. The van der Waals surface area contributed by atoms with E-state index in [1.54, 1.807) is 19.2 Å². The van der Waals surface area contributed by atoms with Crippen molar-refractivity contribution in [3.63, 3.8) is 0 Å². The maximum Gasteiger partial charge on any atom is 0.338 e. The third-order valence-electron chi connectivity index (χ3n) is 3.27. The number of hydrogen-bond acceptors (Lipinski definition) is 6. The number of amides is 1. The van der Waals surface area contributed by atoms with Crippen molar-refractivity contribution in [2.45, 2.75) is 0 Å². The number of thiazole rings is 1. The summed E-state index contributed by atoms with van der Waals surface area (Å²) < 4.78 is 11.0. The van der Waals surface area contributed by atoms with Crippen molar-refractivity contribution < 1.29 is 19.1 Å². The SMILES string of the molecule is COc1ccc2nc(NC(=O)COC(=O)c3cc(Cl)cc(Cl)c3)sc2c1. The number of halogens is 2. The van der Waals surface area contributed by atoms with Crippen LogP contribution in [-0.2, 0) is 9.53 Å². The second-order valence-corrected chi connectivity index (χ2v) is 7.04. The lowest BCUT2D eigenvalue weighted by molar-refractivity contribution is -0.119.